The molecule has 1 fully saturated rings. The maximum Gasteiger partial charge on any atom is 0.266 e. The van der Waals surface area contributed by atoms with Gasteiger partial charge >= 0.3 is 0 Å². The minimum Gasteiger partial charge on any atom is -0.358 e. The Morgan fingerprint density at radius 3 is 2.87 bits per heavy atom. The molecule has 1 aromatic rings. The highest BCUT2D eigenvalue weighted by Gasteiger charge is 2.17. The third kappa shape index (κ3) is 2.23. The van der Waals surface area contributed by atoms with Crippen LogP contribution in [0.3, 0.4) is 0 Å². The van der Waals surface area contributed by atoms with E-state index in [-0.39, 0.29) is 12.5 Å². The molecule has 0 bridgehead atoms. The van der Waals surface area contributed by atoms with E-state index in [2.05, 4.69) is 25.6 Å². The molecule has 1 aromatic heterocycles. The SMILES string of the molecule is CNC(=O)Cn1nnc(N2CCCC2)n1. The molecular formula is C8H14N6O. The summed E-state index contributed by atoms with van der Waals surface area (Å²) in [5.74, 6) is 0.497. The van der Waals surface area contributed by atoms with E-state index in [1.54, 1.807) is 7.05 Å². The fourth-order valence-electron chi connectivity index (χ4n) is 1.55. The number of hydrogen-bond donors (Lipinski definition) is 1. The summed E-state index contributed by atoms with van der Waals surface area (Å²) in [6.07, 6.45) is 2.34. The van der Waals surface area contributed by atoms with Gasteiger partial charge in [0.15, 0.2) is 0 Å². The van der Waals surface area contributed by atoms with Crippen LogP contribution in [0.4, 0.5) is 5.95 Å². The molecule has 7 nitrogen and oxygen atoms in total. The highest BCUT2D eigenvalue weighted by Crippen LogP contribution is 2.13. The number of carbonyl (C=O) groups is 1. The van der Waals surface area contributed by atoms with E-state index in [1.807, 2.05) is 0 Å². The molecule has 1 amide bonds. The molecule has 0 saturated carbocycles. The smallest absolute Gasteiger partial charge is 0.266 e. The van der Waals surface area contributed by atoms with Gasteiger partial charge in [-0.25, -0.2) is 0 Å². The molecule has 82 valence electrons. The molecule has 0 aromatic carbocycles. The molecule has 1 aliphatic rings. The van der Waals surface area contributed by atoms with Crippen molar-refractivity contribution in [3.8, 4) is 0 Å². The van der Waals surface area contributed by atoms with E-state index in [4.69, 9.17) is 0 Å². The quantitative estimate of drug-likeness (QED) is 0.694. The lowest BCUT2D eigenvalue weighted by molar-refractivity contribution is -0.121. The lowest BCUT2D eigenvalue weighted by Crippen LogP contribution is -2.25. The van der Waals surface area contributed by atoms with Gasteiger partial charge in [0.25, 0.3) is 5.95 Å². The number of likely N-dealkylation sites (N-methyl/N-ethyl adjacent to an activating group) is 1. The second-order valence-electron chi connectivity index (χ2n) is 3.49. The van der Waals surface area contributed by atoms with Crippen molar-refractivity contribution in [1.29, 1.82) is 0 Å². The number of anilines is 1. The zero-order valence-corrected chi connectivity index (χ0v) is 8.68. The molecule has 7 heteroatoms. The molecule has 15 heavy (non-hydrogen) atoms. The largest absolute Gasteiger partial charge is 0.358 e. The fraction of sp³-hybridized carbons (Fsp3) is 0.750. The number of rotatable bonds is 3. The highest BCUT2D eigenvalue weighted by atomic mass is 16.2. The van der Waals surface area contributed by atoms with Crippen LogP contribution in [0.25, 0.3) is 0 Å². The Bertz CT molecular complexity index is 343. The van der Waals surface area contributed by atoms with Crippen LogP contribution in [-0.4, -0.2) is 46.3 Å². The Kier molecular flexibility index (Phi) is 2.79. The van der Waals surface area contributed by atoms with Crippen molar-refractivity contribution in [2.75, 3.05) is 25.0 Å². The van der Waals surface area contributed by atoms with Gasteiger partial charge in [-0.05, 0) is 18.1 Å². The van der Waals surface area contributed by atoms with E-state index in [9.17, 15) is 4.79 Å². The van der Waals surface area contributed by atoms with Gasteiger partial charge in [0.1, 0.15) is 6.54 Å². The van der Waals surface area contributed by atoms with Gasteiger partial charge in [-0.1, -0.05) is 5.10 Å². The van der Waals surface area contributed by atoms with E-state index in [1.165, 1.54) is 17.6 Å². The summed E-state index contributed by atoms with van der Waals surface area (Å²) in [6.45, 7) is 2.08. The first-order valence-electron chi connectivity index (χ1n) is 5.03. The number of amides is 1. The summed E-state index contributed by atoms with van der Waals surface area (Å²) >= 11 is 0. The van der Waals surface area contributed by atoms with Crippen molar-refractivity contribution in [2.24, 2.45) is 0 Å². The topological polar surface area (TPSA) is 75.9 Å². The zero-order chi connectivity index (χ0) is 10.7. The number of hydrogen-bond acceptors (Lipinski definition) is 5. The van der Waals surface area contributed by atoms with Crippen LogP contribution in [0, 0.1) is 0 Å². The van der Waals surface area contributed by atoms with Crippen molar-refractivity contribution < 1.29 is 4.79 Å². The number of aromatic nitrogens is 4. The first-order chi connectivity index (χ1) is 7.29. The molecule has 0 unspecified atom stereocenters. The summed E-state index contributed by atoms with van der Waals surface area (Å²) in [4.78, 5) is 14.4. The fourth-order valence-corrected chi connectivity index (χ4v) is 1.55. The van der Waals surface area contributed by atoms with Crippen molar-refractivity contribution in [1.82, 2.24) is 25.5 Å². The molecule has 0 spiro atoms. The molecular weight excluding hydrogens is 196 g/mol. The van der Waals surface area contributed by atoms with Crippen LogP contribution < -0.4 is 10.2 Å². The van der Waals surface area contributed by atoms with Crippen molar-refractivity contribution in [3.63, 3.8) is 0 Å². The monoisotopic (exact) mass is 210 g/mol. The molecule has 0 atom stereocenters. The molecule has 1 saturated heterocycles. The van der Waals surface area contributed by atoms with Gasteiger partial charge in [0.05, 0.1) is 0 Å². The maximum absolute atomic E-state index is 11.1. The van der Waals surface area contributed by atoms with Crippen molar-refractivity contribution >= 4 is 11.9 Å². The van der Waals surface area contributed by atoms with Crippen molar-refractivity contribution in [3.05, 3.63) is 0 Å². The molecule has 0 aliphatic carbocycles. The average molecular weight is 210 g/mol. The van der Waals surface area contributed by atoms with Crippen molar-refractivity contribution in [2.45, 2.75) is 19.4 Å². The summed E-state index contributed by atoms with van der Waals surface area (Å²) in [5, 5.41) is 14.4. The third-order valence-electron chi connectivity index (χ3n) is 2.40. The van der Waals surface area contributed by atoms with Crippen LogP contribution in [0.2, 0.25) is 0 Å². The second kappa shape index (κ2) is 4.24. The van der Waals surface area contributed by atoms with E-state index in [0.29, 0.717) is 5.95 Å². The second-order valence-corrected chi connectivity index (χ2v) is 3.49. The Hall–Kier alpha value is -1.66. The summed E-state index contributed by atoms with van der Waals surface area (Å²) in [6, 6.07) is 0. The number of carbonyl (C=O) groups excluding carboxylic acids is 1. The van der Waals surface area contributed by atoms with Crippen LogP contribution in [0.15, 0.2) is 0 Å². The van der Waals surface area contributed by atoms with E-state index in [0.717, 1.165) is 13.1 Å². The third-order valence-corrected chi connectivity index (χ3v) is 2.40. The standard InChI is InChI=1S/C8H14N6O/c1-9-7(15)6-14-11-8(10-12-14)13-4-2-3-5-13/h2-6H2,1H3,(H,9,15). The normalized spacial score (nSPS) is 15.7. The summed E-state index contributed by atoms with van der Waals surface area (Å²) in [5.41, 5.74) is 0. The number of nitrogens with one attached hydrogen (secondary N) is 1. The number of tetrazole rings is 1. The van der Waals surface area contributed by atoms with Crippen LogP contribution >= 0.6 is 0 Å². The lowest BCUT2D eigenvalue weighted by atomic mass is 10.4. The number of nitrogens with zero attached hydrogens (tertiary/aromatic N) is 5. The van der Waals surface area contributed by atoms with Crippen LogP contribution in [0.1, 0.15) is 12.8 Å². The first-order valence-corrected chi connectivity index (χ1v) is 5.03. The predicted molar refractivity (Wildman–Crippen MR) is 53.3 cm³/mol. The lowest BCUT2D eigenvalue weighted by Gasteiger charge is -2.09. The van der Waals surface area contributed by atoms with Gasteiger partial charge in [-0.3, -0.25) is 4.79 Å². The molecule has 2 heterocycles. The molecule has 2 rings (SSSR count). The van der Waals surface area contributed by atoms with Gasteiger partial charge < -0.3 is 10.2 Å². The Balaban J connectivity index is 2.00. The minimum atomic E-state index is -0.125. The Morgan fingerprint density at radius 1 is 1.47 bits per heavy atom. The van der Waals surface area contributed by atoms with E-state index < -0.39 is 0 Å². The maximum atomic E-state index is 11.1. The summed E-state index contributed by atoms with van der Waals surface area (Å²) < 4.78 is 0. The molecule has 0 radical (unpaired) electrons. The molecule has 1 N–H and O–H groups in total. The minimum absolute atomic E-state index is 0.122. The first kappa shape index (κ1) is 9.88. The predicted octanol–water partition coefficient (Wildman–Crippen LogP) is -0.981. The van der Waals surface area contributed by atoms with Gasteiger partial charge in [-0.2, -0.15) is 4.80 Å². The van der Waals surface area contributed by atoms with Crippen LogP contribution in [0.5, 0.6) is 0 Å². The van der Waals surface area contributed by atoms with Gasteiger partial charge in [-0.15, -0.1) is 5.10 Å². The molecule has 1 aliphatic heterocycles. The summed E-state index contributed by atoms with van der Waals surface area (Å²) in [7, 11) is 1.58. The van der Waals surface area contributed by atoms with E-state index >= 15 is 0 Å². The van der Waals surface area contributed by atoms with Gasteiger partial charge in [0, 0.05) is 20.1 Å². The van der Waals surface area contributed by atoms with Gasteiger partial charge in [0.2, 0.25) is 5.91 Å². The Morgan fingerprint density at radius 2 is 2.20 bits per heavy atom. The zero-order valence-electron chi connectivity index (χ0n) is 8.68. The average Bonchev–Trinajstić information content (AvgIpc) is 2.85. The Labute approximate surface area is 87.4 Å². The van der Waals surface area contributed by atoms with Crippen LogP contribution in [-0.2, 0) is 11.3 Å². The highest BCUT2D eigenvalue weighted by molar-refractivity contribution is 5.75.